The third-order valence-corrected chi connectivity index (χ3v) is 2.71. The maximum Gasteiger partial charge on any atom is 0.460 e. The molecule has 0 aromatic carbocycles. The number of hydrogen-bond acceptors (Lipinski definition) is 3. The average Bonchev–Trinajstić information content (AvgIpc) is 2.39. The van der Waals surface area contributed by atoms with E-state index in [0.29, 0.717) is 0 Å². The van der Waals surface area contributed by atoms with Crippen molar-refractivity contribution in [2.75, 3.05) is 0 Å². The van der Waals surface area contributed by atoms with Crippen molar-refractivity contribution in [3.05, 3.63) is 0 Å². The Hall–Kier alpha value is -0.970. The average molecular weight is 597 g/mol. The summed E-state index contributed by atoms with van der Waals surface area (Å²) in [5, 5.41) is -5.52. The highest BCUT2D eigenvalue weighted by Gasteiger charge is 2.85. The second kappa shape index (κ2) is 8.06. The predicted octanol–water partition coefficient (Wildman–Crippen LogP) is 6.78. The zero-order valence-corrected chi connectivity index (χ0v) is 14.9. The summed E-state index contributed by atoms with van der Waals surface area (Å²) in [4.78, 5) is 0. The van der Waals surface area contributed by atoms with Crippen molar-refractivity contribution in [2.24, 2.45) is 0 Å². The van der Waals surface area contributed by atoms with Gasteiger partial charge in [0.1, 0.15) is 0 Å². The van der Waals surface area contributed by atoms with Crippen LogP contribution in [0.4, 0.5) is 83.4 Å². The summed E-state index contributed by atoms with van der Waals surface area (Å²) in [7, 11) is 0. The van der Waals surface area contributed by atoms with Crippen LogP contribution in [0.15, 0.2) is 0 Å². The van der Waals surface area contributed by atoms with Crippen molar-refractivity contribution in [2.45, 2.75) is 53.6 Å². The second-order valence-corrected chi connectivity index (χ2v) is 5.91. The molecule has 0 unspecified atom stereocenters. The summed E-state index contributed by atoms with van der Waals surface area (Å²) in [6.07, 6.45) is -45.6. The van der Waals surface area contributed by atoms with Crippen molar-refractivity contribution < 1.29 is 97.6 Å². The Morgan fingerprint density at radius 1 is 0.344 bits per heavy atom. The molecule has 0 saturated carbocycles. The Bertz CT molecular complexity index is 664. The molecule has 194 valence electrons. The van der Waals surface area contributed by atoms with Gasteiger partial charge >= 0.3 is 53.6 Å². The van der Waals surface area contributed by atoms with Gasteiger partial charge in [-0.3, -0.25) is 0 Å². The normalized spacial score (nSPS) is 16.5. The fraction of sp³-hybridized carbons (Fsp3) is 1.00. The van der Waals surface area contributed by atoms with E-state index >= 15 is 0 Å². The maximum atomic E-state index is 13.0. The monoisotopic (exact) mass is 596 g/mol. The summed E-state index contributed by atoms with van der Waals surface area (Å²) in [5.74, 6) is -16.1. The minimum atomic E-state index is -8.15. The van der Waals surface area contributed by atoms with E-state index in [1.165, 1.54) is 4.74 Å². The van der Waals surface area contributed by atoms with Crippen LogP contribution in [0, 0.1) is 0 Å². The second-order valence-electron chi connectivity index (χ2n) is 4.98. The van der Waals surface area contributed by atoms with Crippen LogP contribution >= 0.6 is 15.9 Å². The van der Waals surface area contributed by atoms with Crippen LogP contribution in [-0.2, 0) is 14.2 Å². The molecule has 0 amide bonds. The highest BCUT2D eigenvalue weighted by molar-refractivity contribution is 9.09. The Morgan fingerprint density at radius 2 is 0.594 bits per heavy atom. The van der Waals surface area contributed by atoms with E-state index in [2.05, 4.69) is 0 Å². The Balaban J connectivity index is 6.05. The first-order valence-electron chi connectivity index (χ1n) is 6.25. The van der Waals surface area contributed by atoms with Gasteiger partial charge in [-0.05, 0) is 0 Å². The van der Waals surface area contributed by atoms with Crippen LogP contribution < -0.4 is 0 Å². The third kappa shape index (κ3) is 5.93. The first kappa shape index (κ1) is 31.0. The molecule has 32 heavy (non-hydrogen) atoms. The van der Waals surface area contributed by atoms with Gasteiger partial charge in [0.25, 0.3) is 0 Å². The number of halogens is 20. The van der Waals surface area contributed by atoms with Crippen LogP contribution in [0.1, 0.15) is 0 Å². The molecule has 0 aromatic heterocycles. The highest BCUT2D eigenvalue weighted by Crippen LogP contribution is 2.56. The molecular formula is C9BrF19O3. The molecule has 0 aromatic rings. The molecule has 23 heteroatoms. The highest BCUT2D eigenvalue weighted by atomic mass is 79.9. The largest absolute Gasteiger partial charge is 0.460 e. The van der Waals surface area contributed by atoms with Crippen molar-refractivity contribution in [1.29, 1.82) is 0 Å². The smallest absolute Gasteiger partial charge is 0.243 e. The third-order valence-electron chi connectivity index (χ3n) is 2.55. The number of rotatable bonds is 10. The summed E-state index contributed by atoms with van der Waals surface area (Å²) in [6, 6.07) is 0. The van der Waals surface area contributed by atoms with Crippen molar-refractivity contribution in [3.63, 3.8) is 0 Å². The van der Waals surface area contributed by atoms with E-state index in [1.807, 2.05) is 4.74 Å². The van der Waals surface area contributed by atoms with Gasteiger partial charge in [0.15, 0.2) is 0 Å². The molecule has 0 aliphatic rings. The first-order valence-corrected chi connectivity index (χ1v) is 7.05. The van der Waals surface area contributed by atoms with Gasteiger partial charge in [-0.2, -0.15) is 83.4 Å². The van der Waals surface area contributed by atoms with Crippen molar-refractivity contribution >= 4 is 15.9 Å². The summed E-state index contributed by atoms with van der Waals surface area (Å²) in [5.41, 5.74) is 0. The Labute approximate surface area is 168 Å². The Kier molecular flexibility index (Phi) is 7.82. The van der Waals surface area contributed by atoms with Crippen LogP contribution in [0.25, 0.3) is 0 Å². The van der Waals surface area contributed by atoms with Crippen LogP contribution in [0.5, 0.6) is 0 Å². The Morgan fingerprint density at radius 3 is 0.844 bits per heavy atom. The molecule has 3 nitrogen and oxygen atoms in total. The first-order chi connectivity index (χ1) is 13.4. The maximum absolute atomic E-state index is 13.0. The van der Waals surface area contributed by atoms with Crippen molar-refractivity contribution in [1.82, 2.24) is 0 Å². The number of alkyl halides is 20. The molecule has 0 saturated heterocycles. The SMILES string of the molecule is FC(F)(Br)OC(F)(F)C(F)(F)OC(F)(F)C(F)(F)OC(F)(F)C(F)(F)C(F)(F)C(F)(F)F. The molecule has 0 N–H and O–H groups in total. The fourth-order valence-electron chi connectivity index (χ4n) is 1.13. The van der Waals surface area contributed by atoms with Gasteiger partial charge in [-0.15, -0.1) is 0 Å². The molecule has 0 spiro atoms. The van der Waals surface area contributed by atoms with E-state index in [4.69, 9.17) is 0 Å². The predicted molar refractivity (Wildman–Crippen MR) is 57.8 cm³/mol. The molecule has 0 heterocycles. The zero-order valence-electron chi connectivity index (χ0n) is 13.3. The topological polar surface area (TPSA) is 27.7 Å². The van der Waals surface area contributed by atoms with Gasteiger partial charge in [0, 0.05) is 15.9 Å². The van der Waals surface area contributed by atoms with Gasteiger partial charge in [-0.1, -0.05) is 0 Å². The van der Waals surface area contributed by atoms with E-state index in [1.54, 1.807) is 0 Å². The van der Waals surface area contributed by atoms with Crippen molar-refractivity contribution in [3.8, 4) is 0 Å². The number of ether oxygens (including phenoxy) is 3. The molecule has 0 radical (unpaired) electrons. The molecule has 0 rings (SSSR count). The minimum absolute atomic E-state index is 0.792. The molecular weight excluding hydrogens is 597 g/mol. The molecule has 0 atom stereocenters. The summed E-state index contributed by atoms with van der Waals surface area (Å²) >= 11 is 0.792. The summed E-state index contributed by atoms with van der Waals surface area (Å²) in [6.45, 7) is 0. The molecule has 0 aliphatic carbocycles. The lowest BCUT2D eigenvalue weighted by Crippen LogP contribution is -2.65. The summed E-state index contributed by atoms with van der Waals surface area (Å²) < 4.78 is 243. The number of hydrogen-bond donors (Lipinski definition) is 0. The molecule has 0 aliphatic heterocycles. The van der Waals surface area contributed by atoms with Gasteiger partial charge in [-0.25, -0.2) is 14.2 Å². The molecule has 0 bridgehead atoms. The van der Waals surface area contributed by atoms with Crippen LogP contribution in [0.3, 0.4) is 0 Å². The van der Waals surface area contributed by atoms with Gasteiger partial charge < -0.3 is 0 Å². The molecule has 0 fully saturated rings. The van der Waals surface area contributed by atoms with Gasteiger partial charge in [0.05, 0.1) is 0 Å². The standard InChI is InChI=1S/C9BrF19O3/c10-9(28,29)32-8(26,27)7(24,25)31-6(22,23)5(20,21)30-4(18,19)2(13,14)1(11,12)3(15,16)17. The van der Waals surface area contributed by atoms with Crippen LogP contribution in [-0.4, -0.2) is 53.6 Å². The van der Waals surface area contributed by atoms with E-state index in [-0.39, 0.29) is 0 Å². The lowest BCUT2D eigenvalue weighted by molar-refractivity contribution is -0.566. The van der Waals surface area contributed by atoms with E-state index in [9.17, 15) is 83.4 Å². The lowest BCUT2D eigenvalue weighted by atomic mass is 10.1. The zero-order chi connectivity index (χ0) is 26.6. The lowest BCUT2D eigenvalue weighted by Gasteiger charge is -2.37. The quantitative estimate of drug-likeness (QED) is 0.206. The van der Waals surface area contributed by atoms with Crippen LogP contribution in [0.2, 0.25) is 0 Å². The fourth-order valence-corrected chi connectivity index (χ4v) is 1.33. The van der Waals surface area contributed by atoms with Gasteiger partial charge in [0.2, 0.25) is 0 Å². The van der Waals surface area contributed by atoms with E-state index < -0.39 is 53.6 Å². The minimum Gasteiger partial charge on any atom is -0.243 e. The van der Waals surface area contributed by atoms with E-state index in [0.717, 1.165) is 20.7 Å².